The van der Waals surface area contributed by atoms with E-state index in [0.29, 0.717) is 10.8 Å². The smallest absolute Gasteiger partial charge is 0.171 e. The Labute approximate surface area is 96.8 Å². The first-order valence-electron chi connectivity index (χ1n) is 4.32. The highest BCUT2D eigenvalue weighted by Gasteiger charge is 2.10. The van der Waals surface area contributed by atoms with E-state index < -0.39 is 0 Å². The molecule has 6 heteroatoms. The highest BCUT2D eigenvalue weighted by molar-refractivity contribution is 6.32. The summed E-state index contributed by atoms with van der Waals surface area (Å²) in [6.45, 7) is 1.98. The Morgan fingerprint density at radius 3 is 2.93 bits per heavy atom. The summed E-state index contributed by atoms with van der Waals surface area (Å²) in [5.41, 5.74) is 1.84. The fourth-order valence-corrected chi connectivity index (χ4v) is 1.63. The summed E-state index contributed by atoms with van der Waals surface area (Å²) >= 11 is 11.8. The molecule has 0 atom stereocenters. The molecule has 4 nitrogen and oxygen atoms in total. The number of tetrazole rings is 1. The second-order valence-electron chi connectivity index (χ2n) is 3.10. The minimum Gasteiger partial charge on any atom is -0.195 e. The van der Waals surface area contributed by atoms with Crippen LogP contribution in [0.5, 0.6) is 0 Å². The predicted molar refractivity (Wildman–Crippen MR) is 58.5 cm³/mol. The van der Waals surface area contributed by atoms with Crippen LogP contribution in [0.2, 0.25) is 5.02 Å². The van der Waals surface area contributed by atoms with Crippen molar-refractivity contribution in [3.05, 3.63) is 34.6 Å². The zero-order valence-corrected chi connectivity index (χ0v) is 9.50. The van der Waals surface area contributed by atoms with Gasteiger partial charge in [0.1, 0.15) is 0 Å². The maximum atomic E-state index is 6.06. The van der Waals surface area contributed by atoms with Gasteiger partial charge in [0.15, 0.2) is 5.82 Å². The number of nitrogens with zero attached hydrogens (tertiary/aromatic N) is 4. The molecular weight excluding hydrogens is 235 g/mol. The van der Waals surface area contributed by atoms with Gasteiger partial charge in [-0.3, -0.25) is 0 Å². The Morgan fingerprint density at radius 2 is 2.20 bits per heavy atom. The maximum Gasteiger partial charge on any atom is 0.171 e. The number of rotatable bonds is 2. The fourth-order valence-electron chi connectivity index (χ4n) is 1.26. The van der Waals surface area contributed by atoms with Crippen molar-refractivity contribution in [2.24, 2.45) is 0 Å². The zero-order chi connectivity index (χ0) is 10.8. The van der Waals surface area contributed by atoms with Crippen molar-refractivity contribution in [2.45, 2.75) is 12.8 Å². The molecule has 2 rings (SSSR count). The molecule has 1 aromatic heterocycles. The first kappa shape index (κ1) is 10.4. The molecule has 0 unspecified atom stereocenters. The van der Waals surface area contributed by atoms with Crippen LogP contribution in [0.25, 0.3) is 5.69 Å². The first-order valence-corrected chi connectivity index (χ1v) is 5.23. The molecule has 78 valence electrons. The molecule has 0 radical (unpaired) electrons. The SMILES string of the molecule is Cc1ccc(Cl)c(-n2nnnc2CCl)c1. The molecule has 15 heavy (non-hydrogen) atoms. The molecular formula is C9H8Cl2N4. The predicted octanol–water partition coefficient (Wildman–Crippen LogP) is 2.36. The molecule has 0 aliphatic heterocycles. The van der Waals surface area contributed by atoms with Gasteiger partial charge in [-0.05, 0) is 35.0 Å². The third kappa shape index (κ3) is 1.96. The highest BCUT2D eigenvalue weighted by Crippen LogP contribution is 2.21. The lowest BCUT2D eigenvalue weighted by molar-refractivity contribution is 0.776. The van der Waals surface area contributed by atoms with Crippen molar-refractivity contribution in [2.75, 3.05) is 0 Å². The van der Waals surface area contributed by atoms with Gasteiger partial charge in [-0.2, -0.15) is 4.68 Å². The number of hydrogen-bond donors (Lipinski definition) is 0. The number of benzene rings is 1. The molecule has 0 bridgehead atoms. The van der Waals surface area contributed by atoms with E-state index in [0.717, 1.165) is 11.3 Å². The highest BCUT2D eigenvalue weighted by atomic mass is 35.5. The lowest BCUT2D eigenvalue weighted by Gasteiger charge is -2.05. The van der Waals surface area contributed by atoms with Crippen LogP contribution in [0.15, 0.2) is 18.2 Å². The molecule has 0 fully saturated rings. The van der Waals surface area contributed by atoms with Gasteiger partial charge in [0.2, 0.25) is 0 Å². The summed E-state index contributed by atoms with van der Waals surface area (Å²) in [5, 5.41) is 11.8. The molecule has 0 aliphatic rings. The zero-order valence-electron chi connectivity index (χ0n) is 7.98. The topological polar surface area (TPSA) is 43.6 Å². The van der Waals surface area contributed by atoms with Gasteiger partial charge in [0.05, 0.1) is 16.6 Å². The number of aromatic nitrogens is 4. The maximum absolute atomic E-state index is 6.06. The molecule has 0 saturated carbocycles. The minimum absolute atomic E-state index is 0.247. The summed E-state index contributed by atoms with van der Waals surface area (Å²) < 4.78 is 1.54. The summed E-state index contributed by atoms with van der Waals surface area (Å²) in [4.78, 5) is 0. The third-order valence-electron chi connectivity index (χ3n) is 1.98. The van der Waals surface area contributed by atoms with E-state index in [9.17, 15) is 0 Å². The quantitative estimate of drug-likeness (QED) is 0.760. The van der Waals surface area contributed by atoms with E-state index in [1.165, 1.54) is 0 Å². The van der Waals surface area contributed by atoms with E-state index >= 15 is 0 Å². The molecule has 1 aromatic carbocycles. The lowest BCUT2D eigenvalue weighted by Crippen LogP contribution is -2.02. The van der Waals surface area contributed by atoms with Gasteiger partial charge < -0.3 is 0 Å². The molecule has 0 saturated heterocycles. The van der Waals surface area contributed by atoms with Crippen molar-refractivity contribution in [1.82, 2.24) is 20.2 Å². The lowest BCUT2D eigenvalue weighted by atomic mass is 10.2. The normalized spacial score (nSPS) is 10.6. The Hall–Kier alpha value is -1.13. The summed E-state index contributed by atoms with van der Waals surface area (Å²) in [5.74, 6) is 0.821. The van der Waals surface area contributed by atoms with Crippen LogP contribution < -0.4 is 0 Å². The molecule has 0 N–H and O–H groups in total. The average Bonchev–Trinajstić information content (AvgIpc) is 2.69. The van der Waals surface area contributed by atoms with E-state index in [4.69, 9.17) is 23.2 Å². The summed E-state index contributed by atoms with van der Waals surface area (Å²) in [6.07, 6.45) is 0. The Morgan fingerprint density at radius 1 is 1.40 bits per heavy atom. The average molecular weight is 243 g/mol. The Balaban J connectivity index is 2.58. The van der Waals surface area contributed by atoms with Gasteiger partial charge in [-0.15, -0.1) is 16.7 Å². The summed E-state index contributed by atoms with van der Waals surface area (Å²) in [7, 11) is 0. The van der Waals surface area contributed by atoms with Gasteiger partial charge in [0.25, 0.3) is 0 Å². The van der Waals surface area contributed by atoms with Crippen LogP contribution in [0.1, 0.15) is 11.4 Å². The summed E-state index contributed by atoms with van der Waals surface area (Å²) in [6, 6.07) is 5.65. The van der Waals surface area contributed by atoms with Gasteiger partial charge in [0, 0.05) is 0 Å². The van der Waals surface area contributed by atoms with Crippen LogP contribution in [0.4, 0.5) is 0 Å². The second kappa shape index (κ2) is 4.16. The number of halogens is 2. The van der Waals surface area contributed by atoms with Crippen molar-refractivity contribution in [1.29, 1.82) is 0 Å². The van der Waals surface area contributed by atoms with E-state index in [-0.39, 0.29) is 5.88 Å². The van der Waals surface area contributed by atoms with Crippen LogP contribution in [0, 0.1) is 6.92 Å². The molecule has 0 aliphatic carbocycles. The van der Waals surface area contributed by atoms with Crippen molar-refractivity contribution >= 4 is 23.2 Å². The largest absolute Gasteiger partial charge is 0.195 e. The monoisotopic (exact) mass is 242 g/mol. The molecule has 1 heterocycles. The van der Waals surface area contributed by atoms with Crippen LogP contribution in [-0.4, -0.2) is 20.2 Å². The van der Waals surface area contributed by atoms with E-state index in [1.807, 2.05) is 25.1 Å². The number of alkyl halides is 1. The molecule has 2 aromatic rings. The van der Waals surface area contributed by atoms with Gasteiger partial charge >= 0.3 is 0 Å². The van der Waals surface area contributed by atoms with Crippen molar-refractivity contribution in [3.8, 4) is 5.69 Å². The fraction of sp³-hybridized carbons (Fsp3) is 0.222. The number of hydrogen-bond acceptors (Lipinski definition) is 3. The van der Waals surface area contributed by atoms with E-state index in [1.54, 1.807) is 4.68 Å². The van der Waals surface area contributed by atoms with Crippen LogP contribution in [-0.2, 0) is 5.88 Å². The standard InChI is InChI=1S/C9H8Cl2N4/c1-6-2-3-7(11)8(4-6)15-9(5-10)12-13-14-15/h2-4H,5H2,1H3. The van der Waals surface area contributed by atoms with Crippen molar-refractivity contribution in [3.63, 3.8) is 0 Å². The second-order valence-corrected chi connectivity index (χ2v) is 3.77. The van der Waals surface area contributed by atoms with Crippen LogP contribution in [0.3, 0.4) is 0 Å². The Bertz CT molecular complexity index is 481. The molecule has 0 spiro atoms. The minimum atomic E-state index is 0.247. The van der Waals surface area contributed by atoms with Crippen molar-refractivity contribution < 1.29 is 0 Å². The Kier molecular flexibility index (Phi) is 2.88. The molecule has 0 amide bonds. The first-order chi connectivity index (χ1) is 7.22. The van der Waals surface area contributed by atoms with Gasteiger partial charge in [-0.1, -0.05) is 17.7 Å². The van der Waals surface area contributed by atoms with Crippen LogP contribution >= 0.6 is 23.2 Å². The number of aryl methyl sites for hydroxylation is 1. The van der Waals surface area contributed by atoms with E-state index in [2.05, 4.69) is 15.5 Å². The third-order valence-corrected chi connectivity index (χ3v) is 2.54. The van der Waals surface area contributed by atoms with Gasteiger partial charge in [-0.25, -0.2) is 0 Å².